The summed E-state index contributed by atoms with van der Waals surface area (Å²) in [5, 5.41) is 17.5. The summed E-state index contributed by atoms with van der Waals surface area (Å²) in [6.45, 7) is 7.84. The van der Waals surface area contributed by atoms with Gasteiger partial charge in [-0.25, -0.2) is 4.79 Å². The van der Waals surface area contributed by atoms with Crippen LogP contribution < -0.4 is 0 Å². The normalized spacial score (nSPS) is 24.3. The van der Waals surface area contributed by atoms with Crippen molar-refractivity contribution in [2.24, 2.45) is 5.41 Å². The molecular formula is C18H29NO4. The Bertz CT molecular complexity index is 464. The van der Waals surface area contributed by atoms with E-state index in [4.69, 9.17) is 10.2 Å². The predicted octanol–water partition coefficient (Wildman–Crippen LogP) is 3.32. The number of unbranched alkanes of at least 4 members (excludes halogenated alkanes) is 1. The molecule has 1 aliphatic heterocycles. The Labute approximate surface area is 138 Å². The maximum Gasteiger partial charge on any atom is 0.331 e. The van der Waals surface area contributed by atoms with E-state index in [0.717, 1.165) is 0 Å². The van der Waals surface area contributed by atoms with E-state index in [1.165, 1.54) is 76.9 Å². The number of aliphatic carboxylic acids is 2. The Kier molecular flexibility index (Phi) is 8.03. The lowest BCUT2D eigenvalue weighted by Crippen LogP contribution is -2.30. The maximum absolute atomic E-state index is 10.8. The number of carboxylic acids is 2. The molecule has 23 heavy (non-hydrogen) atoms. The number of hydrogen-bond donors (Lipinski definition) is 2. The molecule has 0 spiro atoms. The maximum atomic E-state index is 10.8. The summed E-state index contributed by atoms with van der Waals surface area (Å²) in [4.78, 5) is 23.9. The number of likely N-dealkylation sites (tertiary alicyclic amines) is 1. The minimum absolute atomic E-state index is 0.0359. The standard InChI is InChI=1S/C9H19N.C9H10O4/c1-2-3-7-10-8-5-4-6-9-10;1-9(8(12)13)4-2-3-6(5-9)7(10)11/h2-9H2,1H3;2-4H,5H2,1H3,(H,10,11)(H,12,13). The van der Waals surface area contributed by atoms with Crippen molar-refractivity contribution < 1.29 is 19.8 Å². The van der Waals surface area contributed by atoms with Crippen molar-refractivity contribution in [1.82, 2.24) is 4.90 Å². The first-order valence-electron chi connectivity index (χ1n) is 8.46. The van der Waals surface area contributed by atoms with E-state index in [1.54, 1.807) is 0 Å². The SMILES string of the molecule is CC1(C(=O)O)C=CC=C(C(=O)O)C1.CCCCN1CCCCC1. The van der Waals surface area contributed by atoms with Crippen LogP contribution in [0.3, 0.4) is 0 Å². The predicted molar refractivity (Wildman–Crippen MR) is 90.4 cm³/mol. The molecule has 0 bridgehead atoms. The van der Waals surface area contributed by atoms with Crippen molar-refractivity contribution in [2.75, 3.05) is 19.6 Å². The highest BCUT2D eigenvalue weighted by Crippen LogP contribution is 2.31. The minimum atomic E-state index is -1.08. The fourth-order valence-electron chi connectivity index (χ4n) is 2.75. The van der Waals surface area contributed by atoms with Crippen LogP contribution in [0.5, 0.6) is 0 Å². The van der Waals surface area contributed by atoms with Crippen LogP contribution >= 0.6 is 0 Å². The van der Waals surface area contributed by atoms with E-state index in [-0.39, 0.29) is 12.0 Å². The number of carbonyl (C=O) groups is 2. The van der Waals surface area contributed by atoms with Gasteiger partial charge in [-0.05, 0) is 52.2 Å². The van der Waals surface area contributed by atoms with E-state index < -0.39 is 17.4 Å². The summed E-state index contributed by atoms with van der Waals surface area (Å²) in [7, 11) is 0. The quantitative estimate of drug-likeness (QED) is 0.811. The zero-order valence-electron chi connectivity index (χ0n) is 14.3. The molecule has 2 N–H and O–H groups in total. The van der Waals surface area contributed by atoms with Gasteiger partial charge in [-0.15, -0.1) is 0 Å². The minimum Gasteiger partial charge on any atom is -0.481 e. The van der Waals surface area contributed by atoms with Crippen molar-refractivity contribution in [2.45, 2.75) is 52.4 Å². The van der Waals surface area contributed by atoms with Crippen molar-refractivity contribution in [3.63, 3.8) is 0 Å². The first-order chi connectivity index (χ1) is 10.9. The smallest absolute Gasteiger partial charge is 0.331 e. The van der Waals surface area contributed by atoms with Gasteiger partial charge in [0.25, 0.3) is 0 Å². The molecule has 1 aliphatic carbocycles. The average molecular weight is 323 g/mol. The fraction of sp³-hybridized carbons (Fsp3) is 0.667. The lowest BCUT2D eigenvalue weighted by Gasteiger charge is -2.25. The van der Waals surface area contributed by atoms with Gasteiger partial charge in [-0.1, -0.05) is 38.0 Å². The second kappa shape index (κ2) is 9.50. The third-order valence-corrected chi connectivity index (χ3v) is 4.36. The largest absolute Gasteiger partial charge is 0.481 e. The Morgan fingerprint density at radius 2 is 1.87 bits per heavy atom. The molecule has 0 saturated carbocycles. The summed E-state index contributed by atoms with van der Waals surface area (Å²) in [5.41, 5.74) is -0.949. The van der Waals surface area contributed by atoms with Crippen molar-refractivity contribution in [1.29, 1.82) is 0 Å². The van der Waals surface area contributed by atoms with Crippen LogP contribution in [0.2, 0.25) is 0 Å². The Morgan fingerprint density at radius 3 is 2.39 bits per heavy atom. The molecule has 0 aromatic rings. The molecule has 1 fully saturated rings. The van der Waals surface area contributed by atoms with Gasteiger partial charge >= 0.3 is 11.9 Å². The number of nitrogens with zero attached hydrogens (tertiary/aromatic N) is 1. The molecule has 5 nitrogen and oxygen atoms in total. The topological polar surface area (TPSA) is 77.8 Å². The lowest BCUT2D eigenvalue weighted by atomic mass is 9.80. The highest BCUT2D eigenvalue weighted by molar-refractivity contribution is 5.90. The van der Waals surface area contributed by atoms with E-state index >= 15 is 0 Å². The van der Waals surface area contributed by atoms with Crippen molar-refractivity contribution in [3.8, 4) is 0 Å². The number of rotatable bonds is 5. The van der Waals surface area contributed by atoms with E-state index in [9.17, 15) is 9.59 Å². The Balaban J connectivity index is 0.000000238. The second-order valence-electron chi connectivity index (χ2n) is 6.51. The summed E-state index contributed by atoms with van der Waals surface area (Å²) in [6, 6.07) is 0. The van der Waals surface area contributed by atoms with Gasteiger partial charge in [0.05, 0.1) is 5.41 Å². The van der Waals surface area contributed by atoms with Crippen molar-refractivity contribution in [3.05, 3.63) is 23.8 Å². The zero-order chi connectivity index (χ0) is 17.3. The molecule has 1 saturated heterocycles. The molecule has 0 aromatic heterocycles. The van der Waals surface area contributed by atoms with E-state index in [2.05, 4.69) is 11.8 Å². The summed E-state index contributed by atoms with van der Waals surface area (Å²) in [6.07, 6.45) is 11.5. The summed E-state index contributed by atoms with van der Waals surface area (Å²) in [5.74, 6) is -2.06. The van der Waals surface area contributed by atoms with Crippen LogP contribution in [0.15, 0.2) is 23.8 Å². The van der Waals surface area contributed by atoms with Crippen LogP contribution in [0.25, 0.3) is 0 Å². The first kappa shape index (κ1) is 19.4. The van der Waals surface area contributed by atoms with Gasteiger partial charge in [0.2, 0.25) is 0 Å². The Morgan fingerprint density at radius 1 is 1.22 bits per heavy atom. The highest BCUT2D eigenvalue weighted by atomic mass is 16.4. The van der Waals surface area contributed by atoms with Gasteiger partial charge in [0.1, 0.15) is 0 Å². The molecular weight excluding hydrogens is 294 g/mol. The molecule has 2 rings (SSSR count). The number of carboxylic acid groups (broad SMARTS) is 2. The van der Waals surface area contributed by atoms with E-state index in [0.29, 0.717) is 0 Å². The molecule has 0 amide bonds. The number of allylic oxidation sites excluding steroid dienone is 2. The van der Waals surface area contributed by atoms with Crippen LogP contribution in [0.4, 0.5) is 0 Å². The van der Waals surface area contributed by atoms with Gasteiger partial charge in [0.15, 0.2) is 0 Å². The molecule has 1 heterocycles. The van der Waals surface area contributed by atoms with Gasteiger partial charge < -0.3 is 15.1 Å². The first-order valence-corrected chi connectivity index (χ1v) is 8.46. The molecule has 1 unspecified atom stereocenters. The molecule has 130 valence electrons. The Hall–Kier alpha value is -1.62. The summed E-state index contributed by atoms with van der Waals surface area (Å²) < 4.78 is 0. The van der Waals surface area contributed by atoms with Crippen LogP contribution in [-0.4, -0.2) is 46.7 Å². The average Bonchev–Trinajstić information content (AvgIpc) is 2.54. The highest BCUT2D eigenvalue weighted by Gasteiger charge is 2.34. The monoisotopic (exact) mass is 323 g/mol. The van der Waals surface area contributed by atoms with Gasteiger partial charge in [-0.2, -0.15) is 0 Å². The molecule has 0 aromatic carbocycles. The third-order valence-electron chi connectivity index (χ3n) is 4.36. The molecule has 5 heteroatoms. The number of piperidine rings is 1. The fourth-order valence-corrected chi connectivity index (χ4v) is 2.75. The van der Waals surface area contributed by atoms with Gasteiger partial charge in [0, 0.05) is 5.57 Å². The van der Waals surface area contributed by atoms with Crippen LogP contribution in [0.1, 0.15) is 52.4 Å². The molecule has 1 atom stereocenters. The van der Waals surface area contributed by atoms with E-state index in [1.807, 2.05) is 0 Å². The molecule has 2 aliphatic rings. The zero-order valence-corrected chi connectivity index (χ0v) is 14.3. The van der Waals surface area contributed by atoms with Gasteiger partial charge in [-0.3, -0.25) is 4.79 Å². The number of hydrogen-bond acceptors (Lipinski definition) is 3. The second-order valence-corrected chi connectivity index (χ2v) is 6.51. The summed E-state index contributed by atoms with van der Waals surface area (Å²) >= 11 is 0. The third kappa shape index (κ3) is 6.57. The molecule has 0 radical (unpaired) electrons. The van der Waals surface area contributed by atoms with Crippen LogP contribution in [0, 0.1) is 5.41 Å². The lowest BCUT2D eigenvalue weighted by molar-refractivity contribution is -0.145. The van der Waals surface area contributed by atoms with Crippen molar-refractivity contribution >= 4 is 11.9 Å². The van der Waals surface area contributed by atoms with Crippen LogP contribution in [-0.2, 0) is 9.59 Å².